The van der Waals surface area contributed by atoms with E-state index in [0.29, 0.717) is 10.0 Å². The second-order valence-electron chi connectivity index (χ2n) is 5.80. The molecule has 0 aliphatic rings. The van der Waals surface area contributed by atoms with Crippen LogP contribution in [0.15, 0.2) is 52.9 Å². The number of alkyl halides is 1. The number of aryl methyl sites for hydroxylation is 1. The summed E-state index contributed by atoms with van der Waals surface area (Å²) >= 11 is 15.5. The molecule has 0 aliphatic carbocycles. The third kappa shape index (κ3) is 4.87. The van der Waals surface area contributed by atoms with Gasteiger partial charge in [0, 0.05) is 32.9 Å². The molecule has 0 radical (unpaired) electrons. The van der Waals surface area contributed by atoms with Gasteiger partial charge < -0.3 is 4.42 Å². The third-order valence-corrected chi connectivity index (χ3v) is 4.98. The summed E-state index contributed by atoms with van der Waals surface area (Å²) in [6, 6.07) is 15.3. The van der Waals surface area contributed by atoms with Crippen LogP contribution in [0.2, 0.25) is 10.0 Å². The predicted octanol–water partition coefficient (Wildman–Crippen LogP) is 7.42. The van der Waals surface area contributed by atoms with E-state index >= 15 is 0 Å². The highest BCUT2D eigenvalue weighted by Crippen LogP contribution is 2.34. The number of halogens is 3. The highest BCUT2D eigenvalue weighted by atomic mass is 79.9. The normalized spacial score (nSPS) is 11.0. The van der Waals surface area contributed by atoms with E-state index in [9.17, 15) is 0 Å². The Kier molecular flexibility index (Phi) is 6.57. The van der Waals surface area contributed by atoms with Crippen LogP contribution in [0.1, 0.15) is 25.2 Å². The van der Waals surface area contributed by atoms with E-state index in [1.54, 1.807) is 0 Å². The Labute approximate surface area is 166 Å². The van der Waals surface area contributed by atoms with Gasteiger partial charge in [-0.1, -0.05) is 57.7 Å². The molecule has 1 heterocycles. The lowest BCUT2D eigenvalue weighted by molar-refractivity contribution is 0.493. The molecule has 3 aromatic rings. The molecule has 0 saturated heterocycles. The van der Waals surface area contributed by atoms with Crippen molar-refractivity contribution in [1.82, 2.24) is 4.98 Å². The summed E-state index contributed by atoms with van der Waals surface area (Å²) in [4.78, 5) is 4.75. The highest BCUT2D eigenvalue weighted by molar-refractivity contribution is 9.09. The summed E-state index contributed by atoms with van der Waals surface area (Å²) in [5, 5.41) is 2.44. The van der Waals surface area contributed by atoms with Crippen molar-refractivity contribution in [3.05, 3.63) is 64.5 Å². The number of oxazole rings is 1. The van der Waals surface area contributed by atoms with Crippen molar-refractivity contribution in [3.8, 4) is 22.6 Å². The van der Waals surface area contributed by atoms with Crippen LogP contribution in [0.5, 0.6) is 0 Å². The van der Waals surface area contributed by atoms with Gasteiger partial charge in [-0.15, -0.1) is 0 Å². The Morgan fingerprint density at radius 2 is 1.40 bits per heavy atom. The van der Waals surface area contributed by atoms with Gasteiger partial charge in [0.1, 0.15) is 5.69 Å². The van der Waals surface area contributed by atoms with Crippen molar-refractivity contribution in [2.75, 3.05) is 5.33 Å². The number of hydrogen-bond donors (Lipinski definition) is 0. The molecule has 0 bridgehead atoms. The molecule has 1 aromatic heterocycles. The Morgan fingerprint density at radius 1 is 0.800 bits per heavy atom. The molecular formula is C20H18BrCl2NO. The zero-order chi connectivity index (χ0) is 17.6. The number of aromatic nitrogens is 1. The van der Waals surface area contributed by atoms with E-state index in [-0.39, 0.29) is 0 Å². The molecule has 0 amide bonds. The first kappa shape index (κ1) is 18.5. The zero-order valence-electron chi connectivity index (χ0n) is 13.6. The first-order chi connectivity index (χ1) is 12.2. The predicted molar refractivity (Wildman–Crippen MR) is 109 cm³/mol. The minimum Gasteiger partial charge on any atom is -0.440 e. The van der Waals surface area contributed by atoms with E-state index < -0.39 is 0 Å². The monoisotopic (exact) mass is 437 g/mol. The number of unbranched alkanes of at least 4 members (excludes halogenated alkanes) is 2. The van der Waals surface area contributed by atoms with Crippen LogP contribution in [0.3, 0.4) is 0 Å². The molecule has 0 saturated carbocycles. The molecule has 0 spiro atoms. The smallest absolute Gasteiger partial charge is 0.195 e. The molecule has 0 aliphatic heterocycles. The van der Waals surface area contributed by atoms with E-state index in [0.717, 1.165) is 59.5 Å². The Hall–Kier alpha value is -1.29. The first-order valence-electron chi connectivity index (χ1n) is 8.25. The minimum absolute atomic E-state index is 0.700. The summed E-state index contributed by atoms with van der Waals surface area (Å²) in [6.45, 7) is 0. The molecule has 2 nitrogen and oxygen atoms in total. The van der Waals surface area contributed by atoms with Gasteiger partial charge in [0.05, 0.1) is 0 Å². The Bertz CT molecular complexity index is 750. The van der Waals surface area contributed by atoms with Crippen LogP contribution in [-0.4, -0.2) is 10.3 Å². The third-order valence-electron chi connectivity index (χ3n) is 3.92. The standard InChI is InChI=1S/C20H18BrCl2NO/c21-13-3-1-2-4-18-24-19(14-5-9-16(22)10-6-14)20(25-18)15-7-11-17(23)12-8-15/h5-12H,1-4,13H2. The topological polar surface area (TPSA) is 26.0 Å². The average Bonchev–Trinajstić information content (AvgIpc) is 3.04. The fourth-order valence-electron chi connectivity index (χ4n) is 2.62. The van der Waals surface area contributed by atoms with Gasteiger partial charge in [-0.05, 0) is 49.2 Å². The SMILES string of the molecule is Clc1ccc(-c2nc(CCCCCBr)oc2-c2ccc(Cl)cc2)cc1. The highest BCUT2D eigenvalue weighted by Gasteiger charge is 2.17. The van der Waals surface area contributed by atoms with Gasteiger partial charge in [-0.2, -0.15) is 0 Å². The van der Waals surface area contributed by atoms with Crippen molar-refractivity contribution in [2.45, 2.75) is 25.7 Å². The van der Waals surface area contributed by atoms with E-state index in [1.807, 2.05) is 48.5 Å². The van der Waals surface area contributed by atoms with Crippen LogP contribution >= 0.6 is 39.1 Å². The minimum atomic E-state index is 0.700. The van der Waals surface area contributed by atoms with Gasteiger partial charge in [0.25, 0.3) is 0 Å². The first-order valence-corrected chi connectivity index (χ1v) is 10.1. The number of rotatable bonds is 7. The summed E-state index contributed by atoms with van der Waals surface area (Å²) in [5.41, 5.74) is 2.80. The van der Waals surface area contributed by atoms with Gasteiger partial charge in [0.15, 0.2) is 11.7 Å². The fourth-order valence-corrected chi connectivity index (χ4v) is 3.27. The maximum atomic E-state index is 6.11. The summed E-state index contributed by atoms with van der Waals surface area (Å²) in [7, 11) is 0. The molecule has 3 rings (SSSR count). The number of nitrogens with zero attached hydrogens (tertiary/aromatic N) is 1. The maximum absolute atomic E-state index is 6.11. The lowest BCUT2D eigenvalue weighted by Crippen LogP contribution is -1.87. The lowest BCUT2D eigenvalue weighted by Gasteiger charge is -2.02. The molecular weight excluding hydrogens is 421 g/mol. The summed E-state index contributed by atoms with van der Waals surface area (Å²) < 4.78 is 6.11. The molecule has 25 heavy (non-hydrogen) atoms. The second-order valence-corrected chi connectivity index (χ2v) is 7.46. The zero-order valence-corrected chi connectivity index (χ0v) is 16.7. The number of hydrogen-bond acceptors (Lipinski definition) is 2. The molecule has 0 fully saturated rings. The van der Waals surface area contributed by atoms with Gasteiger partial charge in [-0.3, -0.25) is 0 Å². The largest absolute Gasteiger partial charge is 0.440 e. The maximum Gasteiger partial charge on any atom is 0.195 e. The van der Waals surface area contributed by atoms with Crippen LogP contribution in [0.4, 0.5) is 0 Å². The number of benzene rings is 2. The molecule has 2 aromatic carbocycles. The molecule has 0 unspecified atom stereocenters. The van der Waals surface area contributed by atoms with Crippen LogP contribution < -0.4 is 0 Å². The Morgan fingerprint density at radius 3 is 2.00 bits per heavy atom. The van der Waals surface area contributed by atoms with Crippen LogP contribution in [0.25, 0.3) is 22.6 Å². The van der Waals surface area contributed by atoms with Gasteiger partial charge in [-0.25, -0.2) is 4.98 Å². The van der Waals surface area contributed by atoms with Crippen molar-refractivity contribution in [1.29, 1.82) is 0 Å². The summed E-state index contributed by atoms with van der Waals surface area (Å²) in [6.07, 6.45) is 4.21. The molecule has 0 atom stereocenters. The van der Waals surface area contributed by atoms with Crippen molar-refractivity contribution < 1.29 is 4.42 Å². The Balaban J connectivity index is 1.94. The molecule has 5 heteroatoms. The van der Waals surface area contributed by atoms with Gasteiger partial charge >= 0.3 is 0 Å². The van der Waals surface area contributed by atoms with Crippen molar-refractivity contribution in [3.63, 3.8) is 0 Å². The van der Waals surface area contributed by atoms with Crippen LogP contribution in [-0.2, 0) is 6.42 Å². The molecule has 0 N–H and O–H groups in total. The lowest BCUT2D eigenvalue weighted by atomic mass is 10.1. The van der Waals surface area contributed by atoms with E-state index in [2.05, 4.69) is 15.9 Å². The van der Waals surface area contributed by atoms with Gasteiger partial charge in [0.2, 0.25) is 0 Å². The second kappa shape index (κ2) is 8.88. The van der Waals surface area contributed by atoms with E-state index in [4.69, 9.17) is 32.6 Å². The summed E-state index contributed by atoms with van der Waals surface area (Å²) in [5.74, 6) is 1.54. The quantitative estimate of drug-likeness (QED) is 0.283. The van der Waals surface area contributed by atoms with Crippen molar-refractivity contribution >= 4 is 39.1 Å². The molecule has 130 valence electrons. The van der Waals surface area contributed by atoms with Crippen LogP contribution in [0, 0.1) is 0 Å². The fraction of sp³-hybridized carbons (Fsp3) is 0.250. The average molecular weight is 439 g/mol. The van der Waals surface area contributed by atoms with Crippen molar-refractivity contribution in [2.24, 2.45) is 0 Å². The van der Waals surface area contributed by atoms with E-state index in [1.165, 1.54) is 0 Å².